The van der Waals surface area contributed by atoms with Crippen LogP contribution in [0.1, 0.15) is 28.7 Å². The fourth-order valence-corrected chi connectivity index (χ4v) is 4.96. The van der Waals surface area contributed by atoms with Crippen LogP contribution in [0.15, 0.2) is 63.4 Å². The van der Waals surface area contributed by atoms with Gasteiger partial charge in [-0.3, -0.25) is 0 Å². The van der Waals surface area contributed by atoms with E-state index >= 15 is 0 Å². The summed E-state index contributed by atoms with van der Waals surface area (Å²) in [4.78, 5) is 16.9. The lowest BCUT2D eigenvalue weighted by atomic mass is 10.0. The van der Waals surface area contributed by atoms with E-state index in [1.165, 1.54) is 12.1 Å². The van der Waals surface area contributed by atoms with E-state index in [0.29, 0.717) is 13.1 Å². The number of benzene rings is 1. The van der Waals surface area contributed by atoms with Crippen molar-refractivity contribution in [3.05, 3.63) is 76.1 Å². The molecule has 0 spiro atoms. The summed E-state index contributed by atoms with van der Waals surface area (Å²) in [6.07, 6.45) is 2.38. The highest BCUT2D eigenvalue weighted by Crippen LogP contribution is 2.36. The molecule has 140 valence electrons. The first-order chi connectivity index (χ1) is 13.2. The molecule has 27 heavy (non-hydrogen) atoms. The van der Waals surface area contributed by atoms with Gasteiger partial charge in [0, 0.05) is 15.5 Å². The molecule has 7 heteroatoms. The third-order valence-electron chi connectivity index (χ3n) is 4.45. The summed E-state index contributed by atoms with van der Waals surface area (Å²) in [6.45, 7) is 0.885. The molecule has 0 saturated heterocycles. The van der Waals surface area contributed by atoms with Gasteiger partial charge in [0.1, 0.15) is 11.6 Å². The van der Waals surface area contributed by atoms with Crippen LogP contribution >= 0.6 is 23.1 Å². The average Bonchev–Trinajstić information content (AvgIpc) is 3.36. The molecule has 3 heterocycles. The molecule has 2 amide bonds. The van der Waals surface area contributed by atoms with Crippen molar-refractivity contribution < 1.29 is 13.6 Å². The van der Waals surface area contributed by atoms with Crippen LogP contribution in [-0.4, -0.2) is 16.7 Å². The highest BCUT2D eigenvalue weighted by molar-refractivity contribution is 7.99. The smallest absolute Gasteiger partial charge is 0.318 e. The predicted molar refractivity (Wildman–Crippen MR) is 105 cm³/mol. The summed E-state index contributed by atoms with van der Waals surface area (Å²) in [5.74, 6) is 1.35. The van der Waals surface area contributed by atoms with Crippen molar-refractivity contribution in [1.29, 1.82) is 0 Å². The number of nitrogens with one attached hydrogen (secondary N) is 1. The Balaban J connectivity index is 1.52. The van der Waals surface area contributed by atoms with Gasteiger partial charge < -0.3 is 14.6 Å². The summed E-state index contributed by atoms with van der Waals surface area (Å²) < 4.78 is 19.1. The van der Waals surface area contributed by atoms with Crippen molar-refractivity contribution in [2.24, 2.45) is 0 Å². The van der Waals surface area contributed by atoms with Crippen LogP contribution < -0.4 is 5.32 Å². The van der Waals surface area contributed by atoms with Gasteiger partial charge in [0.25, 0.3) is 0 Å². The second-order valence-corrected chi connectivity index (χ2v) is 8.51. The van der Waals surface area contributed by atoms with E-state index in [4.69, 9.17) is 4.42 Å². The molecule has 4 nitrogen and oxygen atoms in total. The fraction of sp³-hybridized carbons (Fsp3) is 0.250. The zero-order chi connectivity index (χ0) is 18.6. The Bertz CT molecular complexity index is 861. The van der Waals surface area contributed by atoms with Gasteiger partial charge in [0.15, 0.2) is 0 Å². The van der Waals surface area contributed by atoms with Crippen LogP contribution in [0, 0.1) is 5.82 Å². The largest absolute Gasteiger partial charge is 0.467 e. The molecular formula is C20H19FN2O2S2. The number of thiophene rings is 1. The number of halogens is 1. The molecule has 0 bridgehead atoms. The number of hydrogen-bond acceptors (Lipinski definition) is 4. The van der Waals surface area contributed by atoms with Gasteiger partial charge in [-0.1, -0.05) is 6.07 Å². The minimum atomic E-state index is -0.276. The van der Waals surface area contributed by atoms with E-state index in [-0.39, 0.29) is 17.9 Å². The second kappa shape index (κ2) is 8.19. The van der Waals surface area contributed by atoms with Gasteiger partial charge in [-0.15, -0.1) is 23.1 Å². The van der Waals surface area contributed by atoms with Crippen molar-refractivity contribution in [3.63, 3.8) is 0 Å². The van der Waals surface area contributed by atoms with Crippen molar-refractivity contribution in [1.82, 2.24) is 10.2 Å². The number of hydrogen-bond donors (Lipinski definition) is 1. The standard InChI is InChI=1S/C20H19FN2O2S2/c21-14-5-6-19-17(11-14)18(7-10-27-19)22-20(24)23(12-15-3-1-8-25-15)13-16-4-2-9-26-16/h1-6,8-9,11,18H,7,10,12-13H2,(H,22,24). The van der Waals surface area contributed by atoms with Gasteiger partial charge in [-0.2, -0.15) is 0 Å². The zero-order valence-corrected chi connectivity index (χ0v) is 16.2. The molecular weight excluding hydrogens is 383 g/mol. The molecule has 1 aromatic carbocycles. The molecule has 0 radical (unpaired) electrons. The van der Waals surface area contributed by atoms with Crippen molar-refractivity contribution >= 4 is 29.1 Å². The van der Waals surface area contributed by atoms with Gasteiger partial charge in [-0.05, 0) is 53.8 Å². The van der Waals surface area contributed by atoms with E-state index in [1.807, 2.05) is 29.6 Å². The molecule has 2 aromatic heterocycles. The normalized spacial score (nSPS) is 16.0. The van der Waals surface area contributed by atoms with Crippen LogP contribution in [0.3, 0.4) is 0 Å². The van der Waals surface area contributed by atoms with E-state index < -0.39 is 0 Å². The molecule has 1 unspecified atom stereocenters. The topological polar surface area (TPSA) is 45.5 Å². The first kappa shape index (κ1) is 18.1. The maximum atomic E-state index is 13.7. The Hall–Kier alpha value is -2.25. The Kier molecular flexibility index (Phi) is 5.50. The monoisotopic (exact) mass is 402 g/mol. The lowest BCUT2D eigenvalue weighted by Crippen LogP contribution is -2.41. The molecule has 3 aromatic rings. The lowest BCUT2D eigenvalue weighted by molar-refractivity contribution is 0.183. The van der Waals surface area contributed by atoms with Gasteiger partial charge in [-0.25, -0.2) is 9.18 Å². The van der Waals surface area contributed by atoms with Crippen molar-refractivity contribution in [2.75, 3.05) is 5.75 Å². The lowest BCUT2D eigenvalue weighted by Gasteiger charge is -2.29. The number of amides is 2. The Labute approximate surface area is 165 Å². The fourth-order valence-electron chi connectivity index (χ4n) is 3.14. The average molecular weight is 403 g/mol. The van der Waals surface area contributed by atoms with Crippen LogP contribution in [-0.2, 0) is 13.1 Å². The number of urea groups is 1. The SMILES string of the molecule is O=C(NC1CCSc2ccc(F)cc21)N(Cc1ccco1)Cc1cccs1. The first-order valence-corrected chi connectivity index (χ1v) is 10.6. The molecule has 4 rings (SSSR count). The third-order valence-corrected chi connectivity index (χ3v) is 6.43. The van der Waals surface area contributed by atoms with Crippen LogP contribution in [0.25, 0.3) is 0 Å². The maximum Gasteiger partial charge on any atom is 0.318 e. The Morgan fingerprint density at radius 2 is 2.19 bits per heavy atom. The molecule has 0 aliphatic carbocycles. The predicted octanol–water partition coefficient (Wildman–Crippen LogP) is 5.43. The number of nitrogens with zero attached hydrogens (tertiary/aromatic N) is 1. The van der Waals surface area contributed by atoms with Crippen LogP contribution in [0.5, 0.6) is 0 Å². The molecule has 1 atom stereocenters. The quantitative estimate of drug-likeness (QED) is 0.619. The number of thioether (sulfide) groups is 1. The van der Waals surface area contributed by atoms with Crippen molar-refractivity contribution in [2.45, 2.75) is 30.4 Å². The zero-order valence-electron chi connectivity index (χ0n) is 14.6. The van der Waals surface area contributed by atoms with E-state index in [9.17, 15) is 9.18 Å². The van der Waals surface area contributed by atoms with Crippen LogP contribution in [0.2, 0.25) is 0 Å². The first-order valence-electron chi connectivity index (χ1n) is 8.71. The summed E-state index contributed by atoms with van der Waals surface area (Å²) in [5, 5.41) is 5.09. The highest BCUT2D eigenvalue weighted by atomic mass is 32.2. The second-order valence-electron chi connectivity index (χ2n) is 6.34. The summed E-state index contributed by atoms with van der Waals surface area (Å²) >= 11 is 3.31. The number of rotatable bonds is 5. The molecule has 1 aliphatic rings. The maximum absolute atomic E-state index is 13.7. The minimum Gasteiger partial charge on any atom is -0.467 e. The van der Waals surface area contributed by atoms with Gasteiger partial charge in [0.05, 0.1) is 25.4 Å². The minimum absolute atomic E-state index is 0.174. The van der Waals surface area contributed by atoms with Gasteiger partial charge >= 0.3 is 6.03 Å². The number of carbonyl (C=O) groups excluding carboxylic acids is 1. The van der Waals surface area contributed by atoms with Crippen molar-refractivity contribution in [3.8, 4) is 0 Å². The molecule has 1 aliphatic heterocycles. The highest BCUT2D eigenvalue weighted by Gasteiger charge is 2.25. The summed E-state index contributed by atoms with van der Waals surface area (Å²) in [6, 6.07) is 12.1. The molecule has 0 saturated carbocycles. The number of carbonyl (C=O) groups is 1. The Morgan fingerprint density at radius 3 is 2.96 bits per heavy atom. The van der Waals surface area contributed by atoms with Crippen LogP contribution in [0.4, 0.5) is 9.18 Å². The summed E-state index contributed by atoms with van der Waals surface area (Å²) in [5.41, 5.74) is 0.855. The van der Waals surface area contributed by atoms with Gasteiger partial charge in [0.2, 0.25) is 0 Å². The third kappa shape index (κ3) is 4.36. The van der Waals surface area contributed by atoms with E-state index in [0.717, 1.165) is 33.3 Å². The molecule has 0 fully saturated rings. The molecule has 1 N–H and O–H groups in total. The Morgan fingerprint density at radius 1 is 1.26 bits per heavy atom. The number of furan rings is 1. The van der Waals surface area contributed by atoms with E-state index in [1.54, 1.807) is 40.3 Å². The van der Waals surface area contributed by atoms with E-state index in [2.05, 4.69) is 5.32 Å². The number of fused-ring (bicyclic) bond motifs is 1. The summed E-state index contributed by atoms with van der Waals surface area (Å²) in [7, 11) is 0.